The summed E-state index contributed by atoms with van der Waals surface area (Å²) in [6.07, 6.45) is 0. The number of imidazole rings is 1. The van der Waals surface area contributed by atoms with Crippen LogP contribution in [0.3, 0.4) is 0 Å². The van der Waals surface area contributed by atoms with Gasteiger partial charge in [0.15, 0.2) is 0 Å². The fourth-order valence-electron chi connectivity index (χ4n) is 1.95. The van der Waals surface area contributed by atoms with Crippen LogP contribution in [0.2, 0.25) is 0 Å². The Labute approximate surface area is 120 Å². The molecule has 1 aromatic heterocycles. The van der Waals surface area contributed by atoms with Crippen LogP contribution in [0.4, 0.5) is 11.6 Å². The van der Waals surface area contributed by atoms with Crippen molar-refractivity contribution in [1.29, 1.82) is 0 Å². The monoisotopic (exact) mass is 282 g/mol. The zero-order valence-corrected chi connectivity index (χ0v) is 11.4. The van der Waals surface area contributed by atoms with Gasteiger partial charge >= 0.3 is 0 Å². The molecule has 3 aromatic rings. The third-order valence-corrected chi connectivity index (χ3v) is 2.86. The van der Waals surface area contributed by atoms with E-state index in [1.807, 2.05) is 18.2 Å². The van der Waals surface area contributed by atoms with Gasteiger partial charge in [0.2, 0.25) is 11.9 Å². The second kappa shape index (κ2) is 5.16. The van der Waals surface area contributed by atoms with Crippen molar-refractivity contribution in [2.45, 2.75) is 6.92 Å². The van der Waals surface area contributed by atoms with Gasteiger partial charge in [-0.25, -0.2) is 4.98 Å². The molecule has 0 aliphatic carbocycles. The van der Waals surface area contributed by atoms with Gasteiger partial charge in [0.1, 0.15) is 11.5 Å². The van der Waals surface area contributed by atoms with Crippen molar-refractivity contribution in [2.75, 3.05) is 11.1 Å². The Balaban J connectivity index is 1.86. The number of ether oxygens (including phenoxy) is 1. The molecule has 1 amide bonds. The maximum atomic E-state index is 11.0. The van der Waals surface area contributed by atoms with Gasteiger partial charge in [0, 0.05) is 18.7 Å². The first-order valence-electron chi connectivity index (χ1n) is 6.41. The minimum atomic E-state index is -0.174. The number of carbonyl (C=O) groups excluding carboxylic acids is 1. The van der Waals surface area contributed by atoms with Gasteiger partial charge in [0.25, 0.3) is 0 Å². The van der Waals surface area contributed by atoms with Crippen LogP contribution in [-0.2, 0) is 4.79 Å². The Kier molecular flexibility index (Phi) is 3.19. The van der Waals surface area contributed by atoms with Crippen LogP contribution < -0.4 is 15.8 Å². The van der Waals surface area contributed by atoms with Crippen LogP contribution in [0, 0.1) is 0 Å². The summed E-state index contributed by atoms with van der Waals surface area (Å²) >= 11 is 0. The molecule has 0 radical (unpaired) electrons. The third-order valence-electron chi connectivity index (χ3n) is 2.86. The Morgan fingerprint density at radius 2 is 1.90 bits per heavy atom. The number of nitrogen functional groups attached to an aromatic ring is 1. The molecule has 106 valence electrons. The van der Waals surface area contributed by atoms with E-state index in [0.717, 1.165) is 11.0 Å². The lowest BCUT2D eigenvalue weighted by molar-refractivity contribution is -0.114. The number of aromatic amines is 1. The Morgan fingerprint density at radius 3 is 2.62 bits per heavy atom. The number of hydrogen-bond donors (Lipinski definition) is 3. The summed E-state index contributed by atoms with van der Waals surface area (Å²) in [5, 5.41) is 2.61. The summed E-state index contributed by atoms with van der Waals surface area (Å²) in [6.45, 7) is 1.43. The number of H-pyrrole nitrogens is 1. The topological polar surface area (TPSA) is 93.0 Å². The first kappa shape index (κ1) is 13.0. The largest absolute Gasteiger partial charge is 0.457 e. The molecule has 2 aromatic carbocycles. The zero-order chi connectivity index (χ0) is 14.8. The third kappa shape index (κ3) is 2.94. The van der Waals surface area contributed by atoms with Crippen molar-refractivity contribution in [3.8, 4) is 11.5 Å². The lowest BCUT2D eigenvalue weighted by Crippen LogP contribution is -2.06. The Hall–Kier alpha value is -3.02. The number of hydrogen-bond acceptors (Lipinski definition) is 4. The fourth-order valence-corrected chi connectivity index (χ4v) is 1.95. The van der Waals surface area contributed by atoms with Crippen LogP contribution in [0.5, 0.6) is 11.5 Å². The van der Waals surface area contributed by atoms with Gasteiger partial charge in [-0.15, -0.1) is 0 Å². The molecule has 0 bridgehead atoms. The standard InChI is InChI=1S/C15H14N4O2/c1-9(20)17-15-18-13-7-6-12(8-14(13)19-15)21-11-4-2-10(16)3-5-11/h2-8H,16H2,1H3,(H2,17,18,19,20). The second-order valence-corrected chi connectivity index (χ2v) is 4.62. The smallest absolute Gasteiger partial charge is 0.223 e. The van der Waals surface area contributed by atoms with Gasteiger partial charge < -0.3 is 15.5 Å². The number of carbonyl (C=O) groups is 1. The van der Waals surface area contributed by atoms with Gasteiger partial charge in [-0.3, -0.25) is 10.1 Å². The summed E-state index contributed by atoms with van der Waals surface area (Å²) < 4.78 is 5.74. The second-order valence-electron chi connectivity index (χ2n) is 4.62. The molecule has 0 fully saturated rings. The quantitative estimate of drug-likeness (QED) is 0.644. The molecule has 4 N–H and O–H groups in total. The van der Waals surface area contributed by atoms with Gasteiger partial charge in [-0.1, -0.05) is 0 Å². The first-order valence-corrected chi connectivity index (χ1v) is 6.41. The summed E-state index contributed by atoms with van der Waals surface area (Å²) in [6, 6.07) is 12.6. The molecule has 0 aliphatic rings. The molecule has 0 aliphatic heterocycles. The molecular formula is C15H14N4O2. The first-order chi connectivity index (χ1) is 10.1. The molecule has 0 saturated heterocycles. The number of anilines is 2. The molecular weight excluding hydrogens is 268 g/mol. The van der Waals surface area contributed by atoms with E-state index in [1.54, 1.807) is 24.3 Å². The number of nitrogens with one attached hydrogen (secondary N) is 2. The Bertz CT molecular complexity index is 793. The number of aromatic nitrogens is 2. The van der Waals surface area contributed by atoms with Crippen LogP contribution in [-0.4, -0.2) is 15.9 Å². The van der Waals surface area contributed by atoms with E-state index < -0.39 is 0 Å². The summed E-state index contributed by atoms with van der Waals surface area (Å²) in [7, 11) is 0. The van der Waals surface area contributed by atoms with Crippen molar-refractivity contribution in [1.82, 2.24) is 9.97 Å². The summed E-state index contributed by atoms with van der Waals surface area (Å²) in [4.78, 5) is 18.3. The molecule has 3 rings (SSSR count). The fraction of sp³-hybridized carbons (Fsp3) is 0.0667. The average molecular weight is 282 g/mol. The van der Waals surface area contributed by atoms with Crippen molar-refractivity contribution in [3.05, 3.63) is 42.5 Å². The average Bonchev–Trinajstić information content (AvgIpc) is 2.82. The molecule has 0 atom stereocenters. The van der Waals surface area contributed by atoms with Gasteiger partial charge in [-0.2, -0.15) is 0 Å². The number of nitrogens with zero attached hydrogens (tertiary/aromatic N) is 1. The van der Waals surface area contributed by atoms with Gasteiger partial charge in [0.05, 0.1) is 11.0 Å². The minimum Gasteiger partial charge on any atom is -0.457 e. The predicted octanol–water partition coefficient (Wildman–Crippen LogP) is 2.90. The lowest BCUT2D eigenvalue weighted by Gasteiger charge is -2.05. The number of amides is 1. The van der Waals surface area contributed by atoms with Crippen LogP contribution in [0.15, 0.2) is 42.5 Å². The molecule has 6 nitrogen and oxygen atoms in total. The molecule has 0 saturated carbocycles. The lowest BCUT2D eigenvalue weighted by atomic mass is 10.3. The van der Waals surface area contributed by atoms with Crippen molar-refractivity contribution < 1.29 is 9.53 Å². The van der Waals surface area contributed by atoms with Gasteiger partial charge in [-0.05, 0) is 36.4 Å². The molecule has 6 heteroatoms. The number of rotatable bonds is 3. The van der Waals surface area contributed by atoms with Crippen LogP contribution >= 0.6 is 0 Å². The van der Waals surface area contributed by atoms with Crippen molar-refractivity contribution in [2.24, 2.45) is 0 Å². The molecule has 21 heavy (non-hydrogen) atoms. The molecule has 1 heterocycles. The number of benzene rings is 2. The van der Waals surface area contributed by atoms with E-state index in [2.05, 4.69) is 15.3 Å². The highest BCUT2D eigenvalue weighted by Crippen LogP contribution is 2.26. The number of nitrogens with two attached hydrogens (primary N) is 1. The van der Waals surface area contributed by atoms with Crippen LogP contribution in [0.25, 0.3) is 11.0 Å². The number of fused-ring (bicyclic) bond motifs is 1. The minimum absolute atomic E-state index is 0.174. The Morgan fingerprint density at radius 1 is 1.19 bits per heavy atom. The highest BCUT2D eigenvalue weighted by molar-refractivity contribution is 5.89. The van der Waals surface area contributed by atoms with E-state index in [-0.39, 0.29) is 5.91 Å². The highest BCUT2D eigenvalue weighted by Gasteiger charge is 2.06. The van der Waals surface area contributed by atoms with E-state index in [9.17, 15) is 4.79 Å². The molecule has 0 unspecified atom stereocenters. The highest BCUT2D eigenvalue weighted by atomic mass is 16.5. The van der Waals surface area contributed by atoms with E-state index in [1.165, 1.54) is 6.92 Å². The van der Waals surface area contributed by atoms with Crippen LogP contribution in [0.1, 0.15) is 6.92 Å². The SMILES string of the molecule is CC(=O)Nc1nc2ccc(Oc3ccc(N)cc3)cc2[nH]1. The van der Waals surface area contributed by atoms with E-state index >= 15 is 0 Å². The maximum Gasteiger partial charge on any atom is 0.223 e. The maximum absolute atomic E-state index is 11.0. The predicted molar refractivity (Wildman–Crippen MR) is 81.3 cm³/mol. The normalized spacial score (nSPS) is 10.5. The van der Waals surface area contributed by atoms with E-state index in [4.69, 9.17) is 10.5 Å². The zero-order valence-electron chi connectivity index (χ0n) is 11.4. The van der Waals surface area contributed by atoms with Crippen molar-refractivity contribution in [3.63, 3.8) is 0 Å². The van der Waals surface area contributed by atoms with Crippen molar-refractivity contribution >= 4 is 28.6 Å². The molecule has 0 spiro atoms. The summed E-state index contributed by atoms with van der Waals surface area (Å²) in [5.74, 6) is 1.62. The van der Waals surface area contributed by atoms with E-state index in [0.29, 0.717) is 23.1 Å². The summed E-state index contributed by atoms with van der Waals surface area (Å²) in [5.41, 5.74) is 7.86.